The van der Waals surface area contributed by atoms with E-state index in [1.54, 1.807) is 38.1 Å². The van der Waals surface area contributed by atoms with Gasteiger partial charge >= 0.3 is 5.97 Å². The fourth-order valence-corrected chi connectivity index (χ4v) is 3.32. The van der Waals surface area contributed by atoms with Crippen molar-refractivity contribution in [2.45, 2.75) is 25.4 Å². The van der Waals surface area contributed by atoms with Crippen LogP contribution in [0.1, 0.15) is 28.4 Å². The summed E-state index contributed by atoms with van der Waals surface area (Å²) in [5.74, 6) is -1.60. The maximum atomic E-state index is 13.3. The highest BCUT2D eigenvalue weighted by Gasteiger charge is 2.58. The average molecular weight is 342 g/mol. The number of fused-ring (bicyclic) bond motifs is 1. The molecule has 2 N–H and O–H groups in total. The number of aromatic hydroxyl groups is 2. The van der Waals surface area contributed by atoms with Gasteiger partial charge in [0, 0.05) is 0 Å². The van der Waals surface area contributed by atoms with Gasteiger partial charge in [-0.1, -0.05) is 18.2 Å². The topological polar surface area (TPSA) is 93.1 Å². The fraction of sp³-hybridized carbons (Fsp3) is 0.263. The van der Waals surface area contributed by atoms with Gasteiger partial charge < -0.3 is 19.7 Å². The van der Waals surface area contributed by atoms with Gasteiger partial charge in [0.15, 0.2) is 22.7 Å². The lowest BCUT2D eigenvalue weighted by atomic mass is 9.68. The summed E-state index contributed by atoms with van der Waals surface area (Å²) in [5.41, 5.74) is -0.980. The van der Waals surface area contributed by atoms with E-state index in [-0.39, 0.29) is 16.9 Å². The zero-order chi connectivity index (χ0) is 18.4. The van der Waals surface area contributed by atoms with Crippen LogP contribution >= 0.6 is 0 Å². The van der Waals surface area contributed by atoms with Gasteiger partial charge in [0.05, 0.1) is 12.7 Å². The van der Waals surface area contributed by atoms with Gasteiger partial charge in [-0.25, -0.2) is 0 Å². The van der Waals surface area contributed by atoms with Crippen LogP contribution in [0.4, 0.5) is 0 Å². The average Bonchev–Trinajstić information content (AvgIpc) is 2.59. The molecule has 6 heteroatoms. The Labute approximate surface area is 144 Å². The number of hydrogen-bond acceptors (Lipinski definition) is 6. The number of rotatable bonds is 2. The first-order valence-electron chi connectivity index (χ1n) is 7.76. The van der Waals surface area contributed by atoms with Crippen molar-refractivity contribution in [3.05, 3.63) is 53.1 Å². The van der Waals surface area contributed by atoms with Crippen LogP contribution in [-0.2, 0) is 14.9 Å². The van der Waals surface area contributed by atoms with E-state index in [1.807, 2.05) is 0 Å². The van der Waals surface area contributed by atoms with Gasteiger partial charge in [0.1, 0.15) is 11.9 Å². The number of para-hydroxylation sites is 1. The minimum absolute atomic E-state index is 0.208. The summed E-state index contributed by atoms with van der Waals surface area (Å²) in [7, 11) is 1.19. The second-order valence-corrected chi connectivity index (χ2v) is 6.05. The number of methoxy groups -OCH3 is 1. The van der Waals surface area contributed by atoms with Gasteiger partial charge in [-0.15, -0.1) is 0 Å². The van der Waals surface area contributed by atoms with Crippen molar-refractivity contribution >= 4 is 11.8 Å². The second-order valence-electron chi connectivity index (χ2n) is 6.05. The third kappa shape index (κ3) is 2.25. The Bertz CT molecular complexity index is 849. The van der Waals surface area contributed by atoms with Gasteiger partial charge in [0.2, 0.25) is 0 Å². The number of ether oxygens (including phenoxy) is 2. The summed E-state index contributed by atoms with van der Waals surface area (Å²) in [4.78, 5) is 26.1. The third-order valence-corrected chi connectivity index (χ3v) is 4.65. The molecule has 0 saturated carbocycles. The van der Waals surface area contributed by atoms with Crippen molar-refractivity contribution < 1.29 is 29.3 Å². The van der Waals surface area contributed by atoms with Crippen LogP contribution in [0.15, 0.2) is 36.4 Å². The van der Waals surface area contributed by atoms with E-state index in [4.69, 9.17) is 9.47 Å². The van der Waals surface area contributed by atoms with Crippen LogP contribution in [0.3, 0.4) is 0 Å². The molecule has 0 fully saturated rings. The summed E-state index contributed by atoms with van der Waals surface area (Å²) >= 11 is 0. The number of phenols is 2. The van der Waals surface area contributed by atoms with E-state index < -0.39 is 29.0 Å². The lowest BCUT2D eigenvalue weighted by Gasteiger charge is -2.39. The molecule has 0 aromatic heterocycles. The number of hydrogen-bond donors (Lipinski definition) is 2. The van der Waals surface area contributed by atoms with Crippen molar-refractivity contribution in [2.75, 3.05) is 7.11 Å². The lowest BCUT2D eigenvalue weighted by Crippen LogP contribution is -2.57. The number of ketones is 1. The standard InChI is InChI=1S/C19H18O6/c1-10-8-12(9-14(20)16(10)21)19(18(23)24-3)11(2)25-15-7-5-4-6-13(15)17(19)22/h4-9,11,20-21H,1-3H3/t11-,19-/m1/s1. The number of phenolic OH excluding ortho intramolecular Hbond substituents is 2. The Morgan fingerprint density at radius 1 is 1.24 bits per heavy atom. The van der Waals surface area contributed by atoms with E-state index in [2.05, 4.69) is 0 Å². The van der Waals surface area contributed by atoms with Crippen LogP contribution in [-0.4, -0.2) is 35.2 Å². The number of esters is 1. The van der Waals surface area contributed by atoms with Crippen LogP contribution < -0.4 is 4.74 Å². The summed E-state index contributed by atoms with van der Waals surface area (Å²) in [6.45, 7) is 3.17. The Morgan fingerprint density at radius 2 is 1.92 bits per heavy atom. The fourth-order valence-electron chi connectivity index (χ4n) is 3.32. The molecule has 0 saturated heterocycles. The lowest BCUT2D eigenvalue weighted by molar-refractivity contribution is -0.149. The molecule has 0 amide bonds. The largest absolute Gasteiger partial charge is 0.504 e. The Balaban J connectivity index is 2.32. The van der Waals surface area contributed by atoms with Crippen molar-refractivity contribution in [1.82, 2.24) is 0 Å². The quantitative estimate of drug-likeness (QED) is 0.495. The van der Waals surface area contributed by atoms with Crippen molar-refractivity contribution in [2.24, 2.45) is 0 Å². The molecule has 1 aliphatic rings. The molecule has 2 aromatic rings. The first-order valence-corrected chi connectivity index (χ1v) is 7.76. The third-order valence-electron chi connectivity index (χ3n) is 4.65. The number of aryl methyl sites for hydroxylation is 1. The highest BCUT2D eigenvalue weighted by Crippen LogP contribution is 2.44. The molecule has 1 heterocycles. The van der Waals surface area contributed by atoms with Crippen molar-refractivity contribution in [1.29, 1.82) is 0 Å². The molecule has 6 nitrogen and oxygen atoms in total. The van der Waals surface area contributed by atoms with Gasteiger partial charge in [0.25, 0.3) is 0 Å². The molecule has 2 atom stereocenters. The van der Waals surface area contributed by atoms with E-state index in [9.17, 15) is 19.8 Å². The number of carbonyl (C=O) groups excluding carboxylic acids is 2. The van der Waals surface area contributed by atoms with Gasteiger partial charge in [-0.05, 0) is 43.2 Å². The molecule has 0 aliphatic carbocycles. The molecular formula is C19H18O6. The Hall–Kier alpha value is -3.02. The smallest absolute Gasteiger partial charge is 0.328 e. The molecular weight excluding hydrogens is 324 g/mol. The Morgan fingerprint density at radius 3 is 2.56 bits per heavy atom. The van der Waals surface area contributed by atoms with Crippen LogP contribution in [0.2, 0.25) is 0 Å². The minimum atomic E-state index is -1.78. The van der Waals surface area contributed by atoms with Gasteiger partial charge in [-0.2, -0.15) is 0 Å². The molecule has 1 aliphatic heterocycles. The van der Waals surface area contributed by atoms with E-state index in [0.29, 0.717) is 11.3 Å². The molecule has 130 valence electrons. The second kappa shape index (κ2) is 5.81. The van der Waals surface area contributed by atoms with Crippen LogP contribution in [0, 0.1) is 6.92 Å². The molecule has 0 spiro atoms. The number of Topliss-reactive ketones (excluding diaryl/α,β-unsaturated/α-hetero) is 1. The van der Waals surface area contributed by atoms with E-state index in [1.165, 1.54) is 19.2 Å². The Kier molecular flexibility index (Phi) is 3.91. The first kappa shape index (κ1) is 16.8. The summed E-state index contributed by atoms with van der Waals surface area (Å²) < 4.78 is 10.8. The van der Waals surface area contributed by atoms with Crippen molar-refractivity contribution in [3.8, 4) is 17.2 Å². The molecule has 0 unspecified atom stereocenters. The van der Waals surface area contributed by atoms with Crippen LogP contribution in [0.5, 0.6) is 17.2 Å². The first-order chi connectivity index (χ1) is 11.8. The number of benzene rings is 2. The maximum absolute atomic E-state index is 13.3. The molecule has 0 radical (unpaired) electrons. The highest BCUT2D eigenvalue weighted by atomic mass is 16.5. The summed E-state index contributed by atoms with van der Waals surface area (Å²) in [5, 5.41) is 19.8. The molecule has 25 heavy (non-hydrogen) atoms. The molecule has 0 bridgehead atoms. The van der Waals surface area contributed by atoms with Crippen LogP contribution in [0.25, 0.3) is 0 Å². The number of carbonyl (C=O) groups is 2. The van der Waals surface area contributed by atoms with Gasteiger partial charge in [-0.3, -0.25) is 9.59 Å². The predicted octanol–water partition coefficient (Wildman–Crippen LogP) is 2.48. The summed E-state index contributed by atoms with van der Waals surface area (Å²) in [6.07, 6.45) is -0.870. The zero-order valence-electron chi connectivity index (χ0n) is 14.1. The van der Waals surface area contributed by atoms with E-state index in [0.717, 1.165) is 0 Å². The minimum Gasteiger partial charge on any atom is -0.504 e. The normalized spacial score (nSPS) is 22.0. The monoisotopic (exact) mass is 342 g/mol. The molecule has 3 rings (SSSR count). The SMILES string of the molecule is COC(=O)[C@]1(c2cc(C)c(O)c(O)c2)C(=O)c2ccccc2O[C@@H]1C. The maximum Gasteiger partial charge on any atom is 0.328 e. The van der Waals surface area contributed by atoms with Crippen molar-refractivity contribution in [3.63, 3.8) is 0 Å². The predicted molar refractivity (Wildman–Crippen MR) is 89.1 cm³/mol. The highest BCUT2D eigenvalue weighted by molar-refractivity contribution is 6.19. The molecule has 2 aromatic carbocycles. The summed E-state index contributed by atoms with van der Waals surface area (Å²) in [6, 6.07) is 9.33. The van der Waals surface area contributed by atoms with E-state index >= 15 is 0 Å². The zero-order valence-corrected chi connectivity index (χ0v) is 14.1.